The van der Waals surface area contributed by atoms with Crippen LogP contribution in [0.4, 0.5) is 0 Å². The molecule has 0 atom stereocenters. The van der Waals surface area contributed by atoms with Gasteiger partial charge >= 0.3 is 0 Å². The standard InChI is InChI=1S/C48H33N2OP/c51-52(37-16-6-2-7-17-37,38-18-8-3-9-19-38)39-27-24-34(25-28-39)48(44-22-12-10-20-40(44)41-21-11-13-23-45(41)48)35-26-29-46-42(32-35)43-33-49-31-30-47(43)50(46)36-14-4-1-5-15-36/h1-33H. The van der Waals surface area contributed by atoms with Crippen molar-refractivity contribution in [1.82, 2.24) is 9.55 Å². The Morgan fingerprint density at radius 2 is 0.962 bits per heavy atom. The molecule has 2 aromatic heterocycles. The minimum Gasteiger partial charge on any atom is -0.309 e. The Kier molecular flexibility index (Phi) is 6.99. The number of rotatable bonds is 6. The number of hydrogen-bond acceptors (Lipinski definition) is 2. The third kappa shape index (κ3) is 4.33. The van der Waals surface area contributed by atoms with Crippen LogP contribution in [0.5, 0.6) is 0 Å². The Morgan fingerprint density at radius 3 is 1.58 bits per heavy atom. The molecule has 7 aromatic carbocycles. The molecule has 1 aliphatic rings. The molecule has 9 aromatic rings. The second kappa shape index (κ2) is 11.9. The molecule has 4 heteroatoms. The summed E-state index contributed by atoms with van der Waals surface area (Å²) >= 11 is 0. The van der Waals surface area contributed by atoms with Crippen molar-refractivity contribution in [3.63, 3.8) is 0 Å². The second-order valence-corrected chi connectivity index (χ2v) is 16.2. The SMILES string of the molecule is O=P(c1ccccc1)(c1ccccc1)c1ccc(C2(c3ccc4c(c3)c3cnccc3n4-c3ccccc3)c3ccccc3-c3ccccc32)cc1. The molecule has 1 aliphatic carbocycles. The normalized spacial score (nSPS) is 13.2. The molecule has 0 bridgehead atoms. The minimum absolute atomic E-state index is 0.618. The first-order valence-corrected chi connectivity index (χ1v) is 19.4. The fourth-order valence-electron chi connectivity index (χ4n) is 8.62. The van der Waals surface area contributed by atoms with Crippen LogP contribution >= 0.6 is 7.14 Å². The van der Waals surface area contributed by atoms with Gasteiger partial charge in [-0.3, -0.25) is 4.98 Å². The molecule has 0 saturated carbocycles. The van der Waals surface area contributed by atoms with Crippen LogP contribution in [0, 0.1) is 0 Å². The van der Waals surface area contributed by atoms with E-state index >= 15 is 4.57 Å². The van der Waals surface area contributed by atoms with E-state index in [9.17, 15) is 0 Å². The van der Waals surface area contributed by atoms with E-state index < -0.39 is 12.6 Å². The molecule has 10 rings (SSSR count). The van der Waals surface area contributed by atoms with Gasteiger partial charge in [0.2, 0.25) is 0 Å². The lowest BCUT2D eigenvalue weighted by Crippen LogP contribution is -2.30. The van der Waals surface area contributed by atoms with Gasteiger partial charge in [-0.15, -0.1) is 0 Å². The van der Waals surface area contributed by atoms with Gasteiger partial charge < -0.3 is 9.13 Å². The average molecular weight is 685 g/mol. The summed E-state index contributed by atoms with van der Waals surface area (Å²) in [7, 11) is -3.15. The van der Waals surface area contributed by atoms with E-state index in [0.717, 1.165) is 49.0 Å². The molecule has 2 heterocycles. The molecule has 0 saturated heterocycles. The Balaban J connectivity index is 1.25. The molecule has 0 radical (unpaired) electrons. The van der Waals surface area contributed by atoms with E-state index in [4.69, 9.17) is 0 Å². The summed E-state index contributed by atoms with van der Waals surface area (Å²) in [5.41, 5.74) is 10.00. The molecule has 0 fully saturated rings. The Hall–Kier alpha value is -6.28. The van der Waals surface area contributed by atoms with Gasteiger partial charge in [0.15, 0.2) is 7.14 Å². The number of pyridine rings is 1. The highest BCUT2D eigenvalue weighted by Gasteiger charge is 2.46. The van der Waals surface area contributed by atoms with Gasteiger partial charge in [-0.25, -0.2) is 0 Å². The van der Waals surface area contributed by atoms with E-state index in [1.165, 1.54) is 27.8 Å². The van der Waals surface area contributed by atoms with Crippen LogP contribution in [0.15, 0.2) is 200 Å². The van der Waals surface area contributed by atoms with Crippen LogP contribution in [0.3, 0.4) is 0 Å². The van der Waals surface area contributed by atoms with Gasteiger partial charge in [0.05, 0.1) is 16.4 Å². The molecule has 246 valence electrons. The Labute approximate surface area is 302 Å². The summed E-state index contributed by atoms with van der Waals surface area (Å²) < 4.78 is 17.7. The summed E-state index contributed by atoms with van der Waals surface area (Å²) in [4.78, 5) is 4.59. The van der Waals surface area contributed by atoms with Crippen molar-refractivity contribution in [2.75, 3.05) is 0 Å². The van der Waals surface area contributed by atoms with Crippen molar-refractivity contribution in [2.45, 2.75) is 5.41 Å². The van der Waals surface area contributed by atoms with E-state index in [2.05, 4.69) is 137 Å². The lowest BCUT2D eigenvalue weighted by atomic mass is 9.67. The van der Waals surface area contributed by atoms with Crippen LogP contribution in [-0.4, -0.2) is 9.55 Å². The van der Waals surface area contributed by atoms with Crippen molar-refractivity contribution in [2.24, 2.45) is 0 Å². The number of benzene rings is 7. The van der Waals surface area contributed by atoms with Gasteiger partial charge in [-0.05, 0) is 63.7 Å². The zero-order valence-electron chi connectivity index (χ0n) is 28.3. The van der Waals surface area contributed by atoms with E-state index in [0.29, 0.717) is 0 Å². The highest BCUT2D eigenvalue weighted by atomic mass is 31.2. The average Bonchev–Trinajstić information content (AvgIpc) is 3.72. The monoisotopic (exact) mass is 684 g/mol. The molecular weight excluding hydrogens is 652 g/mol. The number of nitrogens with zero attached hydrogens (tertiary/aromatic N) is 2. The van der Waals surface area contributed by atoms with Gasteiger partial charge in [0, 0.05) is 44.8 Å². The third-order valence-electron chi connectivity index (χ3n) is 10.9. The molecule has 0 N–H and O–H groups in total. The van der Waals surface area contributed by atoms with Gasteiger partial charge in [-0.2, -0.15) is 0 Å². The maximum absolute atomic E-state index is 15.4. The predicted molar refractivity (Wildman–Crippen MR) is 215 cm³/mol. The Morgan fingerprint density at radius 1 is 0.462 bits per heavy atom. The number of aromatic nitrogens is 2. The first-order valence-electron chi connectivity index (χ1n) is 17.6. The molecule has 0 unspecified atom stereocenters. The first-order chi connectivity index (χ1) is 25.7. The van der Waals surface area contributed by atoms with E-state index in [-0.39, 0.29) is 0 Å². The predicted octanol–water partition coefficient (Wildman–Crippen LogP) is 10.2. The third-order valence-corrected chi connectivity index (χ3v) is 13.9. The summed E-state index contributed by atoms with van der Waals surface area (Å²) in [5.74, 6) is 0. The lowest BCUT2D eigenvalue weighted by Gasteiger charge is -2.34. The topological polar surface area (TPSA) is 34.9 Å². The molecular formula is C48H33N2OP. The van der Waals surface area contributed by atoms with Gasteiger partial charge in [0.25, 0.3) is 0 Å². The van der Waals surface area contributed by atoms with E-state index in [1.807, 2.05) is 73.1 Å². The number of para-hydroxylation sites is 1. The maximum Gasteiger partial charge on any atom is 0.171 e. The largest absolute Gasteiger partial charge is 0.309 e. The van der Waals surface area contributed by atoms with Crippen molar-refractivity contribution in [3.05, 3.63) is 223 Å². The quantitative estimate of drug-likeness (QED) is 0.164. The number of hydrogen-bond donors (Lipinski definition) is 0. The summed E-state index contributed by atoms with van der Waals surface area (Å²) in [6.45, 7) is 0. The second-order valence-electron chi connectivity index (χ2n) is 13.5. The summed E-state index contributed by atoms with van der Waals surface area (Å²) in [6.07, 6.45) is 3.86. The molecule has 0 aliphatic heterocycles. The van der Waals surface area contributed by atoms with Crippen LogP contribution in [-0.2, 0) is 9.98 Å². The highest BCUT2D eigenvalue weighted by Crippen LogP contribution is 2.56. The molecule has 0 spiro atoms. The van der Waals surface area contributed by atoms with Gasteiger partial charge in [0.1, 0.15) is 0 Å². The summed E-state index contributed by atoms with van der Waals surface area (Å²) in [5, 5.41) is 4.74. The maximum atomic E-state index is 15.4. The number of fused-ring (bicyclic) bond motifs is 6. The van der Waals surface area contributed by atoms with Crippen molar-refractivity contribution >= 4 is 44.9 Å². The smallest absolute Gasteiger partial charge is 0.171 e. The lowest BCUT2D eigenvalue weighted by molar-refractivity contribution is 0.592. The zero-order valence-corrected chi connectivity index (χ0v) is 29.2. The van der Waals surface area contributed by atoms with Gasteiger partial charge in [-0.1, -0.05) is 158 Å². The fraction of sp³-hybridized carbons (Fsp3) is 0.0208. The van der Waals surface area contributed by atoms with Crippen molar-refractivity contribution < 1.29 is 4.57 Å². The van der Waals surface area contributed by atoms with Crippen LogP contribution < -0.4 is 15.9 Å². The first kappa shape index (κ1) is 30.5. The van der Waals surface area contributed by atoms with Crippen LogP contribution in [0.25, 0.3) is 38.6 Å². The van der Waals surface area contributed by atoms with Crippen LogP contribution in [0.2, 0.25) is 0 Å². The zero-order chi connectivity index (χ0) is 34.7. The van der Waals surface area contributed by atoms with Crippen molar-refractivity contribution in [3.8, 4) is 16.8 Å². The molecule has 0 amide bonds. The highest BCUT2D eigenvalue weighted by molar-refractivity contribution is 7.85. The fourth-order valence-corrected chi connectivity index (χ4v) is 11.3. The Bertz CT molecular complexity index is 2720. The van der Waals surface area contributed by atoms with Crippen molar-refractivity contribution in [1.29, 1.82) is 0 Å². The van der Waals surface area contributed by atoms with Crippen LogP contribution in [0.1, 0.15) is 22.3 Å². The summed E-state index contributed by atoms with van der Waals surface area (Å²) in [6, 6.07) is 65.6. The minimum atomic E-state index is -3.15. The molecule has 3 nitrogen and oxygen atoms in total. The van der Waals surface area contributed by atoms with E-state index in [1.54, 1.807) is 0 Å². The molecule has 52 heavy (non-hydrogen) atoms.